The van der Waals surface area contributed by atoms with Crippen molar-refractivity contribution in [3.05, 3.63) is 41.7 Å². The van der Waals surface area contributed by atoms with Crippen LogP contribution < -0.4 is 0 Å². The molecule has 1 fully saturated rings. The van der Waals surface area contributed by atoms with Crippen molar-refractivity contribution in [2.75, 3.05) is 0 Å². The highest BCUT2D eigenvalue weighted by molar-refractivity contribution is 6.74. The average Bonchev–Trinajstić information content (AvgIpc) is 2.96. The summed E-state index contributed by atoms with van der Waals surface area (Å²) in [6.07, 6.45) is 3.16. The van der Waals surface area contributed by atoms with Crippen molar-refractivity contribution >= 4 is 13.9 Å². The Hall–Kier alpha value is -0.973. The van der Waals surface area contributed by atoms with Crippen molar-refractivity contribution in [3.63, 3.8) is 0 Å². The molecule has 26 heavy (non-hydrogen) atoms. The minimum absolute atomic E-state index is 0.0648. The number of benzene rings is 1. The number of hydrogen-bond acceptors (Lipinski definition) is 2. The van der Waals surface area contributed by atoms with Crippen LogP contribution in [0.15, 0.2) is 30.3 Å². The fourth-order valence-corrected chi connectivity index (χ4v) is 5.37. The molecule has 0 aromatic heterocycles. The van der Waals surface area contributed by atoms with E-state index in [1.165, 1.54) is 17.7 Å². The second-order valence-electron chi connectivity index (χ2n) is 9.97. The lowest BCUT2D eigenvalue weighted by atomic mass is 9.73. The summed E-state index contributed by atoms with van der Waals surface area (Å²) >= 11 is 0. The van der Waals surface area contributed by atoms with Crippen LogP contribution in [0.5, 0.6) is 0 Å². The molecule has 0 N–H and O–H groups in total. The maximum atomic E-state index is 13.4. The summed E-state index contributed by atoms with van der Waals surface area (Å²) in [5.41, 5.74) is 1.45. The van der Waals surface area contributed by atoms with Gasteiger partial charge in [-0.25, -0.2) is 4.39 Å². The summed E-state index contributed by atoms with van der Waals surface area (Å²) in [7, 11) is -1.89. The number of rotatable bonds is 4. The maximum absolute atomic E-state index is 13.4. The maximum Gasteiger partial charge on any atom is 0.192 e. The monoisotopic (exact) mass is 376 g/mol. The van der Waals surface area contributed by atoms with Crippen molar-refractivity contribution in [2.24, 2.45) is 5.92 Å². The standard InChI is InChI=1S/C22H33FO2Si/c1-15(2)22-14-19(24-26(7,8)20(3,4)5)21(6,25-22)13-18(22)16-9-11-17(23)12-10-16/h9-13,15,19H,14H2,1-8H3/t19-,21+,22-/m1/s1. The van der Waals surface area contributed by atoms with Crippen LogP contribution >= 0.6 is 0 Å². The zero-order valence-electron chi connectivity index (χ0n) is 17.4. The Morgan fingerprint density at radius 2 is 1.77 bits per heavy atom. The molecule has 3 atom stereocenters. The molecule has 3 rings (SSSR count). The fourth-order valence-electron chi connectivity index (χ4n) is 3.99. The highest BCUT2D eigenvalue weighted by Crippen LogP contribution is 2.58. The van der Waals surface area contributed by atoms with Crippen LogP contribution in [0.25, 0.3) is 5.57 Å². The molecule has 144 valence electrons. The molecular weight excluding hydrogens is 343 g/mol. The van der Waals surface area contributed by atoms with Gasteiger partial charge in [0.2, 0.25) is 0 Å². The Labute approximate surface area is 158 Å². The predicted octanol–water partition coefficient (Wildman–Crippen LogP) is 6.19. The molecule has 4 heteroatoms. The second-order valence-corrected chi connectivity index (χ2v) is 14.7. The zero-order valence-corrected chi connectivity index (χ0v) is 18.4. The third-order valence-corrected chi connectivity index (χ3v) is 11.2. The van der Waals surface area contributed by atoms with Gasteiger partial charge in [-0.2, -0.15) is 0 Å². The van der Waals surface area contributed by atoms with Gasteiger partial charge in [-0.05, 0) is 60.3 Å². The van der Waals surface area contributed by atoms with Gasteiger partial charge in [-0.15, -0.1) is 0 Å². The van der Waals surface area contributed by atoms with Crippen LogP contribution in [-0.4, -0.2) is 25.6 Å². The van der Waals surface area contributed by atoms with Crippen LogP contribution in [0.2, 0.25) is 18.1 Å². The fraction of sp³-hybridized carbons (Fsp3) is 0.636. The van der Waals surface area contributed by atoms with Gasteiger partial charge < -0.3 is 9.16 Å². The molecule has 2 nitrogen and oxygen atoms in total. The van der Waals surface area contributed by atoms with Crippen LogP contribution in [0.3, 0.4) is 0 Å². The molecule has 2 heterocycles. The van der Waals surface area contributed by atoms with Gasteiger partial charge in [0.1, 0.15) is 11.4 Å². The van der Waals surface area contributed by atoms with Gasteiger partial charge in [-0.1, -0.05) is 46.8 Å². The van der Waals surface area contributed by atoms with E-state index < -0.39 is 13.9 Å². The predicted molar refractivity (Wildman–Crippen MR) is 108 cm³/mol. The molecule has 0 unspecified atom stereocenters. The van der Waals surface area contributed by atoms with Crippen molar-refractivity contribution in [3.8, 4) is 0 Å². The van der Waals surface area contributed by atoms with E-state index in [4.69, 9.17) is 9.16 Å². The molecule has 1 aromatic carbocycles. The van der Waals surface area contributed by atoms with E-state index in [1.54, 1.807) is 0 Å². The molecule has 1 aromatic rings. The van der Waals surface area contributed by atoms with Gasteiger partial charge in [-0.3, -0.25) is 0 Å². The lowest BCUT2D eigenvalue weighted by Gasteiger charge is -2.42. The summed E-state index contributed by atoms with van der Waals surface area (Å²) < 4.78 is 26.9. The molecule has 1 saturated heterocycles. The van der Waals surface area contributed by atoms with Crippen molar-refractivity contribution in [1.82, 2.24) is 0 Å². The Bertz CT molecular complexity index is 717. The first-order chi connectivity index (χ1) is 11.8. The van der Waals surface area contributed by atoms with E-state index in [9.17, 15) is 4.39 Å². The van der Waals surface area contributed by atoms with Crippen LogP contribution in [0.1, 0.15) is 53.5 Å². The lowest BCUT2D eigenvalue weighted by Crippen LogP contribution is -2.49. The van der Waals surface area contributed by atoms with Gasteiger partial charge in [0.25, 0.3) is 0 Å². The summed E-state index contributed by atoms with van der Waals surface area (Å²) in [5.74, 6) is 0.107. The molecule has 0 spiro atoms. The van der Waals surface area contributed by atoms with E-state index in [0.29, 0.717) is 5.92 Å². The summed E-state index contributed by atoms with van der Waals surface area (Å²) in [5, 5.41) is 0.166. The SMILES string of the molecule is CC(C)[C@]12C[C@@H](O[Si](C)(C)C(C)(C)C)[C@](C)(C=C1c1ccc(F)cc1)O2. The van der Waals surface area contributed by atoms with Crippen LogP contribution in [0, 0.1) is 11.7 Å². The lowest BCUT2D eigenvalue weighted by molar-refractivity contribution is -0.0601. The number of hydrogen-bond donors (Lipinski definition) is 0. The topological polar surface area (TPSA) is 18.5 Å². The molecule has 0 radical (unpaired) electrons. The highest BCUT2D eigenvalue weighted by atomic mass is 28.4. The third-order valence-electron chi connectivity index (χ3n) is 6.75. The summed E-state index contributed by atoms with van der Waals surface area (Å²) in [4.78, 5) is 0. The zero-order chi connectivity index (χ0) is 19.5. The van der Waals surface area contributed by atoms with E-state index in [1.807, 2.05) is 12.1 Å². The Balaban J connectivity index is 1.98. The van der Waals surface area contributed by atoms with E-state index in [-0.39, 0.29) is 22.6 Å². The van der Waals surface area contributed by atoms with Crippen molar-refractivity contribution in [2.45, 2.75) is 83.4 Å². The highest BCUT2D eigenvalue weighted by Gasteiger charge is 2.62. The smallest absolute Gasteiger partial charge is 0.192 e. The van der Waals surface area contributed by atoms with Crippen LogP contribution in [-0.2, 0) is 9.16 Å². The third kappa shape index (κ3) is 3.00. The first kappa shape index (κ1) is 19.8. The molecule has 0 saturated carbocycles. The van der Waals surface area contributed by atoms with Gasteiger partial charge >= 0.3 is 0 Å². The van der Waals surface area contributed by atoms with Gasteiger partial charge in [0, 0.05) is 6.42 Å². The Morgan fingerprint density at radius 3 is 2.27 bits per heavy atom. The van der Waals surface area contributed by atoms with E-state index in [2.05, 4.69) is 60.7 Å². The molecule has 2 aliphatic heterocycles. The Kier molecular flexibility index (Phi) is 4.57. The van der Waals surface area contributed by atoms with E-state index in [0.717, 1.165) is 12.0 Å². The van der Waals surface area contributed by atoms with Gasteiger partial charge in [0.15, 0.2) is 8.32 Å². The molecule has 2 bridgehead atoms. The Morgan fingerprint density at radius 1 is 1.19 bits per heavy atom. The largest absolute Gasteiger partial charge is 0.411 e. The number of halogens is 1. The number of fused-ring (bicyclic) bond motifs is 2. The first-order valence-corrected chi connectivity index (χ1v) is 12.6. The summed E-state index contributed by atoms with van der Waals surface area (Å²) in [6, 6.07) is 6.79. The average molecular weight is 377 g/mol. The molecule has 2 aliphatic rings. The van der Waals surface area contributed by atoms with Crippen molar-refractivity contribution in [1.29, 1.82) is 0 Å². The number of ether oxygens (including phenoxy) is 1. The van der Waals surface area contributed by atoms with Crippen LogP contribution in [0.4, 0.5) is 4.39 Å². The normalized spacial score (nSPS) is 31.6. The quantitative estimate of drug-likeness (QED) is 0.584. The molecule has 0 aliphatic carbocycles. The minimum Gasteiger partial charge on any atom is -0.411 e. The first-order valence-electron chi connectivity index (χ1n) is 9.68. The molecular formula is C22H33FO2Si. The summed E-state index contributed by atoms with van der Waals surface area (Å²) in [6.45, 7) is 18.0. The van der Waals surface area contributed by atoms with Gasteiger partial charge in [0.05, 0.1) is 11.7 Å². The van der Waals surface area contributed by atoms with E-state index >= 15 is 0 Å². The second kappa shape index (κ2) is 6.01. The van der Waals surface area contributed by atoms with Crippen molar-refractivity contribution < 1.29 is 13.6 Å². The minimum atomic E-state index is -1.89. The molecule has 0 amide bonds.